The van der Waals surface area contributed by atoms with E-state index in [1.807, 2.05) is 25.1 Å². The maximum Gasteiger partial charge on any atom is 0.243 e. The Morgan fingerprint density at radius 3 is 2.77 bits per heavy atom. The lowest BCUT2D eigenvalue weighted by molar-refractivity contribution is -0.127. The number of amides is 1. The molecule has 1 aromatic rings. The summed E-state index contributed by atoms with van der Waals surface area (Å²) in [7, 11) is 3.51. The first-order valence-corrected chi connectivity index (χ1v) is 9.40. The van der Waals surface area contributed by atoms with Gasteiger partial charge in [0.1, 0.15) is 6.54 Å². The van der Waals surface area contributed by atoms with Crippen LogP contribution >= 0.6 is 0 Å². The van der Waals surface area contributed by atoms with Gasteiger partial charge in [-0.2, -0.15) is 0 Å². The average molecular weight is 361 g/mol. The highest BCUT2D eigenvalue weighted by molar-refractivity contribution is 5.85. The zero-order valence-electron chi connectivity index (χ0n) is 16.4. The number of hydrogen-bond acceptors (Lipinski definition) is 3. The minimum atomic E-state index is 0.00160. The van der Waals surface area contributed by atoms with Crippen LogP contribution in [0.5, 0.6) is 0 Å². The van der Waals surface area contributed by atoms with E-state index in [1.165, 1.54) is 5.56 Å². The largest absolute Gasteiger partial charge is 0.381 e. The minimum absolute atomic E-state index is 0.00160. The number of guanidine groups is 1. The fourth-order valence-electron chi connectivity index (χ4n) is 2.99. The smallest absolute Gasteiger partial charge is 0.243 e. The van der Waals surface area contributed by atoms with Crippen molar-refractivity contribution in [2.75, 3.05) is 46.9 Å². The maximum absolute atomic E-state index is 12.0. The van der Waals surface area contributed by atoms with Crippen LogP contribution in [0.15, 0.2) is 35.3 Å². The standard InChI is InChI=1S/C20H32N4O2/c1-5-26-15-17-11-12-24(14-17)20(21-13-19(25)23(3)4)22-16(2)18-9-7-6-8-10-18/h6-10,16-17H,5,11-15H2,1-4H3,(H,21,22). The molecule has 0 radical (unpaired) electrons. The predicted octanol–water partition coefficient (Wildman–Crippen LogP) is 2.14. The number of nitrogens with zero attached hydrogens (tertiary/aromatic N) is 3. The van der Waals surface area contributed by atoms with E-state index in [0.29, 0.717) is 5.92 Å². The Morgan fingerprint density at radius 1 is 1.38 bits per heavy atom. The van der Waals surface area contributed by atoms with E-state index in [-0.39, 0.29) is 18.5 Å². The second-order valence-electron chi connectivity index (χ2n) is 6.96. The first-order valence-electron chi connectivity index (χ1n) is 9.40. The molecule has 1 saturated heterocycles. The van der Waals surface area contributed by atoms with Crippen molar-refractivity contribution in [3.8, 4) is 0 Å². The lowest BCUT2D eigenvalue weighted by atomic mass is 10.1. The van der Waals surface area contributed by atoms with E-state index in [2.05, 4.69) is 34.3 Å². The van der Waals surface area contributed by atoms with Crippen LogP contribution in [0.2, 0.25) is 0 Å². The first-order chi connectivity index (χ1) is 12.5. The van der Waals surface area contributed by atoms with Gasteiger partial charge in [-0.1, -0.05) is 30.3 Å². The number of carbonyl (C=O) groups excluding carboxylic acids is 1. The molecule has 1 aliphatic rings. The molecule has 6 nitrogen and oxygen atoms in total. The van der Waals surface area contributed by atoms with Crippen molar-refractivity contribution < 1.29 is 9.53 Å². The first kappa shape index (κ1) is 20.2. The van der Waals surface area contributed by atoms with Gasteiger partial charge in [0.15, 0.2) is 5.96 Å². The Bertz CT molecular complexity index is 589. The van der Waals surface area contributed by atoms with E-state index in [4.69, 9.17) is 4.74 Å². The summed E-state index contributed by atoms with van der Waals surface area (Å²) < 4.78 is 5.58. The van der Waals surface area contributed by atoms with Crippen molar-refractivity contribution in [1.29, 1.82) is 0 Å². The molecular weight excluding hydrogens is 328 g/mol. The van der Waals surface area contributed by atoms with Crippen LogP contribution in [0, 0.1) is 5.92 Å². The van der Waals surface area contributed by atoms with Gasteiger partial charge in [-0.05, 0) is 25.8 Å². The number of carbonyl (C=O) groups is 1. The van der Waals surface area contributed by atoms with Gasteiger partial charge in [0.2, 0.25) is 5.91 Å². The molecule has 0 aromatic heterocycles. The second kappa shape index (κ2) is 10.2. The van der Waals surface area contributed by atoms with Gasteiger partial charge in [0, 0.05) is 39.7 Å². The second-order valence-corrected chi connectivity index (χ2v) is 6.96. The zero-order valence-corrected chi connectivity index (χ0v) is 16.4. The van der Waals surface area contributed by atoms with Gasteiger partial charge < -0.3 is 19.9 Å². The van der Waals surface area contributed by atoms with Crippen molar-refractivity contribution in [1.82, 2.24) is 15.1 Å². The molecule has 144 valence electrons. The number of benzene rings is 1. The van der Waals surface area contributed by atoms with Gasteiger partial charge in [-0.25, -0.2) is 4.99 Å². The van der Waals surface area contributed by atoms with Gasteiger partial charge in [-0.15, -0.1) is 0 Å². The number of aliphatic imine (C=N–C) groups is 1. The van der Waals surface area contributed by atoms with Crippen LogP contribution in [0.1, 0.15) is 31.9 Å². The number of hydrogen-bond donors (Lipinski definition) is 1. The molecule has 2 atom stereocenters. The molecule has 1 heterocycles. The summed E-state index contributed by atoms with van der Waals surface area (Å²) in [6.07, 6.45) is 1.09. The Kier molecular flexibility index (Phi) is 7.91. The topological polar surface area (TPSA) is 57.2 Å². The quantitative estimate of drug-likeness (QED) is 0.598. The zero-order chi connectivity index (χ0) is 18.9. The number of likely N-dealkylation sites (N-methyl/N-ethyl adjacent to an activating group) is 1. The van der Waals surface area contributed by atoms with Crippen LogP contribution < -0.4 is 5.32 Å². The van der Waals surface area contributed by atoms with Gasteiger partial charge >= 0.3 is 0 Å². The number of likely N-dealkylation sites (tertiary alicyclic amines) is 1. The van der Waals surface area contributed by atoms with Crippen molar-refractivity contribution in [2.24, 2.45) is 10.9 Å². The summed E-state index contributed by atoms with van der Waals surface area (Å²) in [5, 5.41) is 3.51. The van der Waals surface area contributed by atoms with Gasteiger partial charge in [0.25, 0.3) is 0 Å². The fraction of sp³-hybridized carbons (Fsp3) is 0.600. The maximum atomic E-state index is 12.0. The fourth-order valence-corrected chi connectivity index (χ4v) is 2.99. The number of nitrogens with one attached hydrogen (secondary N) is 1. The third-order valence-corrected chi connectivity index (χ3v) is 4.65. The highest BCUT2D eigenvalue weighted by Gasteiger charge is 2.26. The summed E-state index contributed by atoms with van der Waals surface area (Å²) in [5.74, 6) is 1.32. The molecule has 0 saturated carbocycles. The van der Waals surface area contributed by atoms with Crippen LogP contribution in [-0.2, 0) is 9.53 Å². The lowest BCUT2D eigenvalue weighted by Crippen LogP contribution is -2.42. The van der Waals surface area contributed by atoms with E-state index in [9.17, 15) is 4.79 Å². The highest BCUT2D eigenvalue weighted by Crippen LogP contribution is 2.18. The number of rotatable bonds is 7. The molecule has 6 heteroatoms. The van der Waals surface area contributed by atoms with Crippen molar-refractivity contribution in [3.63, 3.8) is 0 Å². The third-order valence-electron chi connectivity index (χ3n) is 4.65. The van der Waals surface area contributed by atoms with Gasteiger partial charge in [0.05, 0.1) is 12.6 Å². The third kappa shape index (κ3) is 6.02. The summed E-state index contributed by atoms with van der Waals surface area (Å²) in [6, 6.07) is 10.4. The average Bonchev–Trinajstić information content (AvgIpc) is 3.12. The van der Waals surface area contributed by atoms with Crippen LogP contribution in [0.25, 0.3) is 0 Å². The Labute approximate surface area is 157 Å². The Morgan fingerprint density at radius 2 is 2.12 bits per heavy atom. The molecule has 0 bridgehead atoms. The van der Waals surface area contributed by atoms with Crippen molar-refractivity contribution in [2.45, 2.75) is 26.3 Å². The monoisotopic (exact) mass is 360 g/mol. The van der Waals surface area contributed by atoms with E-state index >= 15 is 0 Å². The number of ether oxygens (including phenoxy) is 1. The molecular formula is C20H32N4O2. The van der Waals surface area contributed by atoms with Crippen molar-refractivity contribution >= 4 is 11.9 Å². The molecule has 1 aromatic carbocycles. The van der Waals surface area contributed by atoms with E-state index in [1.54, 1.807) is 19.0 Å². The summed E-state index contributed by atoms with van der Waals surface area (Å²) in [4.78, 5) is 20.4. The van der Waals surface area contributed by atoms with E-state index in [0.717, 1.165) is 38.7 Å². The molecule has 0 spiro atoms. The Balaban J connectivity index is 2.06. The minimum Gasteiger partial charge on any atom is -0.381 e. The lowest BCUT2D eigenvalue weighted by Gasteiger charge is -2.26. The van der Waals surface area contributed by atoms with E-state index < -0.39 is 0 Å². The van der Waals surface area contributed by atoms with Crippen LogP contribution in [0.3, 0.4) is 0 Å². The predicted molar refractivity (Wildman–Crippen MR) is 105 cm³/mol. The van der Waals surface area contributed by atoms with Crippen LogP contribution in [0.4, 0.5) is 0 Å². The molecule has 1 amide bonds. The Hall–Kier alpha value is -2.08. The normalized spacial score (nSPS) is 18.7. The molecule has 0 aliphatic carbocycles. The molecule has 2 rings (SSSR count). The summed E-state index contributed by atoms with van der Waals surface area (Å²) in [6.45, 7) is 7.67. The molecule has 1 N–H and O–H groups in total. The van der Waals surface area contributed by atoms with Crippen molar-refractivity contribution in [3.05, 3.63) is 35.9 Å². The molecule has 26 heavy (non-hydrogen) atoms. The summed E-state index contributed by atoms with van der Waals surface area (Å²) in [5.41, 5.74) is 1.20. The highest BCUT2D eigenvalue weighted by atomic mass is 16.5. The molecule has 2 unspecified atom stereocenters. The summed E-state index contributed by atoms with van der Waals surface area (Å²) >= 11 is 0. The molecule has 1 aliphatic heterocycles. The van der Waals surface area contributed by atoms with Gasteiger partial charge in [-0.3, -0.25) is 4.79 Å². The SMILES string of the molecule is CCOCC1CCN(C(=NCC(=O)N(C)C)NC(C)c2ccccc2)C1. The molecule has 1 fully saturated rings. The van der Waals surface area contributed by atoms with Crippen LogP contribution in [-0.4, -0.2) is 68.6 Å².